The van der Waals surface area contributed by atoms with Crippen LogP contribution in [0.25, 0.3) is 0 Å². The zero-order chi connectivity index (χ0) is 14.0. The van der Waals surface area contributed by atoms with E-state index < -0.39 is 0 Å². The van der Waals surface area contributed by atoms with Gasteiger partial charge in [-0.05, 0) is 30.9 Å². The normalized spacial score (nSPS) is 22.7. The molecule has 2 heteroatoms. The van der Waals surface area contributed by atoms with Crippen molar-refractivity contribution in [2.75, 3.05) is 0 Å². The maximum absolute atomic E-state index is 10.1. The minimum absolute atomic E-state index is 0.239. The molecule has 3 atom stereocenters. The summed E-state index contributed by atoms with van der Waals surface area (Å²) in [5, 5.41) is 10.1. The maximum Gasteiger partial charge on any atom is 0.123 e. The first-order chi connectivity index (χ1) is 9.12. The van der Waals surface area contributed by atoms with Gasteiger partial charge in [0.25, 0.3) is 0 Å². The fourth-order valence-electron chi connectivity index (χ4n) is 3.01. The molecule has 0 spiro atoms. The largest absolute Gasteiger partial charge is 0.508 e. The van der Waals surface area contributed by atoms with Gasteiger partial charge in [-0.25, -0.2) is 0 Å². The second kappa shape index (κ2) is 5.68. The number of hydrogen-bond acceptors (Lipinski definition) is 2. The molecule has 2 rings (SSSR count). The molecule has 2 nitrogen and oxygen atoms in total. The molecule has 0 fully saturated rings. The molecule has 0 amide bonds. The number of phenolic OH excluding ortho intramolecular Hbond substituents is 1. The molecule has 1 aromatic carbocycles. The van der Waals surface area contributed by atoms with Crippen LogP contribution in [0.1, 0.15) is 50.7 Å². The van der Waals surface area contributed by atoms with Crippen LogP contribution >= 0.6 is 0 Å². The highest BCUT2D eigenvalue weighted by molar-refractivity contribution is 5.51. The summed E-state index contributed by atoms with van der Waals surface area (Å²) in [4.78, 5) is 0. The topological polar surface area (TPSA) is 29.5 Å². The first kappa shape index (κ1) is 14.0. The number of rotatable bonds is 5. The molecular weight excluding hydrogens is 236 g/mol. The molecule has 3 unspecified atom stereocenters. The number of ether oxygens (including phenoxy) is 1. The Morgan fingerprint density at radius 2 is 2.16 bits per heavy atom. The Morgan fingerprint density at radius 3 is 2.74 bits per heavy atom. The molecule has 104 valence electrons. The number of allylic oxidation sites excluding steroid dienone is 1. The third-order valence-electron chi connectivity index (χ3n) is 4.27. The van der Waals surface area contributed by atoms with Crippen LogP contribution in [0.4, 0.5) is 0 Å². The van der Waals surface area contributed by atoms with Crippen molar-refractivity contribution in [2.24, 2.45) is 5.92 Å². The third kappa shape index (κ3) is 2.49. The van der Waals surface area contributed by atoms with E-state index in [2.05, 4.69) is 27.4 Å². The Kier molecular flexibility index (Phi) is 4.18. The van der Waals surface area contributed by atoms with Gasteiger partial charge in [0.15, 0.2) is 0 Å². The van der Waals surface area contributed by atoms with E-state index in [4.69, 9.17) is 4.74 Å². The van der Waals surface area contributed by atoms with Gasteiger partial charge in [-0.15, -0.1) is 6.58 Å². The summed E-state index contributed by atoms with van der Waals surface area (Å²) in [7, 11) is 0. The van der Waals surface area contributed by atoms with Crippen LogP contribution in [-0.4, -0.2) is 11.2 Å². The van der Waals surface area contributed by atoms with Crippen molar-refractivity contribution in [1.29, 1.82) is 0 Å². The summed E-state index contributed by atoms with van der Waals surface area (Å²) >= 11 is 0. The fourth-order valence-corrected chi connectivity index (χ4v) is 3.01. The van der Waals surface area contributed by atoms with Crippen molar-refractivity contribution >= 4 is 0 Å². The van der Waals surface area contributed by atoms with Gasteiger partial charge in [-0.1, -0.05) is 33.3 Å². The Balaban J connectivity index is 2.42. The van der Waals surface area contributed by atoms with E-state index in [1.54, 1.807) is 6.08 Å². The lowest BCUT2D eigenvalue weighted by atomic mass is 9.81. The Bertz CT molecular complexity index is 465. The highest BCUT2D eigenvalue weighted by Gasteiger charge is 2.36. The lowest BCUT2D eigenvalue weighted by Gasteiger charge is -2.23. The van der Waals surface area contributed by atoms with Crippen molar-refractivity contribution in [3.8, 4) is 11.5 Å². The van der Waals surface area contributed by atoms with Gasteiger partial charge >= 0.3 is 0 Å². The fraction of sp³-hybridized carbons (Fsp3) is 0.529. The molecule has 1 aliphatic heterocycles. The molecule has 19 heavy (non-hydrogen) atoms. The molecule has 1 aliphatic rings. The van der Waals surface area contributed by atoms with Crippen LogP contribution in [0.3, 0.4) is 0 Å². The predicted molar refractivity (Wildman–Crippen MR) is 78.9 cm³/mol. The van der Waals surface area contributed by atoms with Crippen molar-refractivity contribution in [1.82, 2.24) is 0 Å². The number of fused-ring (bicyclic) bond motifs is 1. The van der Waals surface area contributed by atoms with Crippen LogP contribution in [0.5, 0.6) is 11.5 Å². The van der Waals surface area contributed by atoms with Gasteiger partial charge < -0.3 is 9.84 Å². The highest BCUT2D eigenvalue weighted by Crippen LogP contribution is 2.46. The average molecular weight is 260 g/mol. The van der Waals surface area contributed by atoms with Crippen molar-refractivity contribution in [3.63, 3.8) is 0 Å². The van der Waals surface area contributed by atoms with E-state index in [0.29, 0.717) is 24.0 Å². The summed E-state index contributed by atoms with van der Waals surface area (Å²) in [6.45, 7) is 10.4. The van der Waals surface area contributed by atoms with E-state index in [1.165, 1.54) is 5.56 Å². The first-order valence-corrected chi connectivity index (χ1v) is 7.25. The summed E-state index contributed by atoms with van der Waals surface area (Å²) in [5.74, 6) is 2.28. The van der Waals surface area contributed by atoms with E-state index in [0.717, 1.165) is 24.2 Å². The Morgan fingerprint density at radius 1 is 1.42 bits per heavy atom. The average Bonchev–Trinajstić information content (AvgIpc) is 2.76. The van der Waals surface area contributed by atoms with Crippen LogP contribution in [0, 0.1) is 5.92 Å². The van der Waals surface area contributed by atoms with E-state index in [-0.39, 0.29) is 6.10 Å². The van der Waals surface area contributed by atoms with Gasteiger partial charge in [-0.3, -0.25) is 0 Å². The summed E-state index contributed by atoms with van der Waals surface area (Å²) in [5.41, 5.74) is 2.07. The summed E-state index contributed by atoms with van der Waals surface area (Å²) in [6.07, 6.45) is 4.84. The highest BCUT2D eigenvalue weighted by atomic mass is 16.5. The lowest BCUT2D eigenvalue weighted by molar-refractivity contribution is 0.174. The Labute approximate surface area is 116 Å². The van der Waals surface area contributed by atoms with E-state index in [9.17, 15) is 5.11 Å². The smallest absolute Gasteiger partial charge is 0.123 e. The molecule has 0 radical (unpaired) electrons. The van der Waals surface area contributed by atoms with Crippen LogP contribution in [0.2, 0.25) is 0 Å². The van der Waals surface area contributed by atoms with E-state index >= 15 is 0 Å². The number of phenols is 1. The molecule has 1 heterocycles. The second-order valence-electron chi connectivity index (χ2n) is 5.49. The Hall–Kier alpha value is -1.44. The van der Waals surface area contributed by atoms with Gasteiger partial charge in [0, 0.05) is 17.0 Å². The predicted octanol–water partition coefficient (Wildman–Crippen LogP) is 4.42. The molecular formula is C17H24O2. The molecule has 1 aromatic rings. The maximum atomic E-state index is 10.1. The van der Waals surface area contributed by atoms with Crippen molar-refractivity contribution < 1.29 is 9.84 Å². The van der Waals surface area contributed by atoms with Crippen LogP contribution < -0.4 is 4.74 Å². The molecule has 1 N–H and O–H groups in total. The molecule has 0 bridgehead atoms. The summed E-state index contributed by atoms with van der Waals surface area (Å²) < 4.78 is 6.09. The zero-order valence-electron chi connectivity index (χ0n) is 12.1. The quantitative estimate of drug-likeness (QED) is 0.794. The minimum Gasteiger partial charge on any atom is -0.508 e. The van der Waals surface area contributed by atoms with Gasteiger partial charge in [0.05, 0.1) is 0 Å². The summed E-state index contributed by atoms with van der Waals surface area (Å²) in [6, 6.07) is 3.89. The number of hydrogen-bond donors (Lipinski definition) is 1. The molecule has 0 saturated carbocycles. The molecule has 0 aliphatic carbocycles. The van der Waals surface area contributed by atoms with Crippen molar-refractivity contribution in [3.05, 3.63) is 35.9 Å². The standard InChI is InChI=1S/C17H24O2/c1-5-8-12-9-16-13(10-14(12)18)17(11(4)6-2)15(7-3)19-16/h5,9-11,15,17-18H,1,6-8H2,2-4H3. The second-order valence-corrected chi connectivity index (χ2v) is 5.49. The molecule has 0 aromatic heterocycles. The lowest BCUT2D eigenvalue weighted by Crippen LogP contribution is -2.22. The molecule has 0 saturated heterocycles. The van der Waals surface area contributed by atoms with Crippen LogP contribution in [0.15, 0.2) is 24.8 Å². The zero-order valence-corrected chi connectivity index (χ0v) is 12.1. The van der Waals surface area contributed by atoms with Gasteiger partial charge in [0.1, 0.15) is 17.6 Å². The van der Waals surface area contributed by atoms with Gasteiger partial charge in [0.2, 0.25) is 0 Å². The number of benzene rings is 1. The third-order valence-corrected chi connectivity index (χ3v) is 4.27. The number of aromatic hydroxyl groups is 1. The SMILES string of the molecule is C=CCc1cc2c(cc1O)C(C(C)CC)C(CC)O2. The van der Waals surface area contributed by atoms with Crippen molar-refractivity contribution in [2.45, 2.75) is 52.1 Å². The minimum atomic E-state index is 0.239. The van der Waals surface area contributed by atoms with Crippen LogP contribution in [-0.2, 0) is 6.42 Å². The monoisotopic (exact) mass is 260 g/mol. The van der Waals surface area contributed by atoms with Gasteiger partial charge in [-0.2, -0.15) is 0 Å². The first-order valence-electron chi connectivity index (χ1n) is 7.25. The van der Waals surface area contributed by atoms with E-state index in [1.807, 2.05) is 12.1 Å².